The van der Waals surface area contributed by atoms with Crippen molar-refractivity contribution in [2.75, 3.05) is 19.0 Å². The molecule has 166 valence electrons. The normalized spacial score (nSPS) is 11.4. The van der Waals surface area contributed by atoms with Gasteiger partial charge in [-0.25, -0.2) is 9.97 Å². The van der Waals surface area contributed by atoms with Gasteiger partial charge in [0.25, 0.3) is 0 Å². The maximum Gasteiger partial charge on any atom is 0.219 e. The third-order valence-corrected chi connectivity index (χ3v) is 5.92. The van der Waals surface area contributed by atoms with E-state index in [2.05, 4.69) is 31.7 Å². The summed E-state index contributed by atoms with van der Waals surface area (Å²) in [5, 5.41) is 13.5. The largest absolute Gasteiger partial charge is 0.506 e. The molecule has 0 saturated heterocycles. The van der Waals surface area contributed by atoms with E-state index < -0.39 is 0 Å². The molecule has 6 rings (SSSR count). The van der Waals surface area contributed by atoms with Crippen molar-refractivity contribution in [3.05, 3.63) is 85.3 Å². The third kappa shape index (κ3) is 3.17. The molecule has 0 aliphatic heterocycles. The van der Waals surface area contributed by atoms with Crippen LogP contribution in [-0.4, -0.2) is 38.7 Å². The van der Waals surface area contributed by atoms with Crippen molar-refractivity contribution < 1.29 is 9.84 Å². The van der Waals surface area contributed by atoms with Crippen molar-refractivity contribution in [1.82, 2.24) is 19.5 Å². The molecule has 0 aliphatic rings. The average molecular weight is 447 g/mol. The fourth-order valence-electron chi connectivity index (χ4n) is 4.40. The number of aromatic nitrogens is 4. The van der Waals surface area contributed by atoms with E-state index in [0.29, 0.717) is 17.1 Å². The zero-order valence-corrected chi connectivity index (χ0v) is 18.7. The van der Waals surface area contributed by atoms with Gasteiger partial charge in [0.15, 0.2) is 5.82 Å². The van der Waals surface area contributed by atoms with Gasteiger partial charge in [-0.15, -0.1) is 0 Å². The summed E-state index contributed by atoms with van der Waals surface area (Å²) in [6, 6.07) is 21.4. The first kappa shape index (κ1) is 20.0. The highest BCUT2D eigenvalue weighted by molar-refractivity contribution is 6.09. The molecule has 34 heavy (non-hydrogen) atoms. The van der Waals surface area contributed by atoms with Crippen molar-refractivity contribution in [1.29, 1.82) is 0 Å². The summed E-state index contributed by atoms with van der Waals surface area (Å²) in [6.07, 6.45) is 5.09. The minimum absolute atomic E-state index is 0.115. The predicted molar refractivity (Wildman–Crippen MR) is 134 cm³/mol. The molecule has 0 spiro atoms. The predicted octanol–water partition coefficient (Wildman–Crippen LogP) is 5.69. The summed E-state index contributed by atoms with van der Waals surface area (Å²) in [6.45, 7) is 0. The van der Waals surface area contributed by atoms with Crippen LogP contribution in [0.25, 0.3) is 38.5 Å². The lowest BCUT2D eigenvalue weighted by Crippen LogP contribution is -2.09. The molecule has 0 saturated carbocycles. The number of para-hydroxylation sites is 1. The van der Waals surface area contributed by atoms with Crippen LogP contribution in [0.3, 0.4) is 0 Å². The quantitative estimate of drug-likeness (QED) is 0.374. The molecule has 0 unspecified atom stereocenters. The Hall–Kier alpha value is -4.65. The van der Waals surface area contributed by atoms with E-state index in [1.165, 1.54) is 0 Å². The molecule has 0 amide bonds. The standard InChI is InChI=1S/C27H21N5O2/c1-31(2)21-10-11-24(33)27-20(21)9-12-26(30-27)34-17-7-8-19-18-5-3-4-6-22(18)32(23(19)15-17)25-16-28-13-14-29-25/h3-16,33H,1-2H3. The van der Waals surface area contributed by atoms with E-state index >= 15 is 0 Å². The molecule has 6 aromatic rings. The number of ether oxygens (including phenoxy) is 1. The second kappa shape index (κ2) is 7.74. The Morgan fingerprint density at radius 3 is 2.50 bits per heavy atom. The number of rotatable bonds is 4. The Bertz CT molecular complexity index is 1680. The zero-order chi connectivity index (χ0) is 23.2. The number of phenolic OH excluding ortho intramolecular Hbond substituents is 1. The van der Waals surface area contributed by atoms with Gasteiger partial charge in [0, 0.05) is 60.5 Å². The lowest BCUT2D eigenvalue weighted by Gasteiger charge is -2.16. The Balaban J connectivity index is 1.48. The number of phenols is 1. The van der Waals surface area contributed by atoms with Crippen molar-refractivity contribution >= 4 is 38.4 Å². The molecule has 1 N–H and O–H groups in total. The summed E-state index contributed by atoms with van der Waals surface area (Å²) in [5.41, 5.74) is 3.47. The topological polar surface area (TPSA) is 76.3 Å². The van der Waals surface area contributed by atoms with Crippen LogP contribution < -0.4 is 9.64 Å². The first-order chi connectivity index (χ1) is 16.6. The molecule has 0 bridgehead atoms. The second-order valence-electron chi connectivity index (χ2n) is 8.24. The van der Waals surface area contributed by atoms with Crippen LogP contribution in [0.5, 0.6) is 17.4 Å². The van der Waals surface area contributed by atoms with E-state index in [0.717, 1.165) is 38.7 Å². The van der Waals surface area contributed by atoms with Gasteiger partial charge in [0.05, 0.1) is 17.2 Å². The molecule has 3 aromatic carbocycles. The molecule has 0 radical (unpaired) electrons. The third-order valence-electron chi connectivity index (χ3n) is 5.92. The number of anilines is 1. The zero-order valence-electron chi connectivity index (χ0n) is 18.7. The van der Waals surface area contributed by atoms with Gasteiger partial charge in [0.1, 0.15) is 17.0 Å². The van der Waals surface area contributed by atoms with Gasteiger partial charge in [0.2, 0.25) is 5.88 Å². The number of nitrogens with zero attached hydrogens (tertiary/aromatic N) is 5. The summed E-state index contributed by atoms with van der Waals surface area (Å²) in [4.78, 5) is 15.3. The highest BCUT2D eigenvalue weighted by atomic mass is 16.5. The van der Waals surface area contributed by atoms with Crippen LogP contribution in [0.2, 0.25) is 0 Å². The maximum absolute atomic E-state index is 10.4. The van der Waals surface area contributed by atoms with E-state index in [-0.39, 0.29) is 5.75 Å². The first-order valence-electron chi connectivity index (χ1n) is 10.9. The van der Waals surface area contributed by atoms with Crippen molar-refractivity contribution in [2.45, 2.75) is 0 Å². The van der Waals surface area contributed by atoms with E-state index in [1.807, 2.05) is 67.5 Å². The Kier molecular flexibility index (Phi) is 4.55. The SMILES string of the molecule is CN(C)c1ccc(O)c2nc(Oc3ccc4c5ccccc5n(-c5cnccn5)c4c3)ccc12. The maximum atomic E-state index is 10.4. The Morgan fingerprint density at radius 1 is 0.853 bits per heavy atom. The molecule has 7 heteroatoms. The number of hydrogen-bond acceptors (Lipinski definition) is 6. The van der Waals surface area contributed by atoms with Crippen LogP contribution in [0.15, 0.2) is 85.3 Å². The second-order valence-corrected chi connectivity index (χ2v) is 8.24. The van der Waals surface area contributed by atoms with Crippen LogP contribution >= 0.6 is 0 Å². The molecule has 7 nitrogen and oxygen atoms in total. The van der Waals surface area contributed by atoms with Gasteiger partial charge in [-0.3, -0.25) is 9.55 Å². The van der Waals surface area contributed by atoms with E-state index in [9.17, 15) is 5.11 Å². The molecule has 0 atom stereocenters. The van der Waals surface area contributed by atoms with Crippen molar-refractivity contribution in [3.63, 3.8) is 0 Å². The van der Waals surface area contributed by atoms with Gasteiger partial charge in [-0.1, -0.05) is 18.2 Å². The van der Waals surface area contributed by atoms with Crippen LogP contribution in [0.1, 0.15) is 0 Å². The highest BCUT2D eigenvalue weighted by Gasteiger charge is 2.15. The molecule has 0 aliphatic carbocycles. The van der Waals surface area contributed by atoms with Gasteiger partial charge in [-0.05, 0) is 36.4 Å². The van der Waals surface area contributed by atoms with Crippen molar-refractivity contribution in [3.8, 4) is 23.2 Å². The van der Waals surface area contributed by atoms with Gasteiger partial charge >= 0.3 is 0 Å². The summed E-state index contributed by atoms with van der Waals surface area (Å²) >= 11 is 0. The fraction of sp³-hybridized carbons (Fsp3) is 0.0741. The number of benzene rings is 3. The fourth-order valence-corrected chi connectivity index (χ4v) is 4.40. The molecular formula is C27H21N5O2. The van der Waals surface area contributed by atoms with Crippen LogP contribution in [0.4, 0.5) is 5.69 Å². The molecular weight excluding hydrogens is 426 g/mol. The van der Waals surface area contributed by atoms with Crippen molar-refractivity contribution in [2.24, 2.45) is 0 Å². The van der Waals surface area contributed by atoms with Crippen LogP contribution in [0, 0.1) is 0 Å². The van der Waals surface area contributed by atoms with E-state index in [4.69, 9.17) is 4.74 Å². The average Bonchev–Trinajstić information content (AvgIpc) is 3.18. The Labute approximate surface area is 195 Å². The smallest absolute Gasteiger partial charge is 0.219 e. The summed E-state index contributed by atoms with van der Waals surface area (Å²) in [5.74, 6) is 1.89. The number of aromatic hydroxyl groups is 1. The Morgan fingerprint density at radius 2 is 1.68 bits per heavy atom. The summed E-state index contributed by atoms with van der Waals surface area (Å²) < 4.78 is 8.23. The van der Waals surface area contributed by atoms with Crippen LogP contribution in [-0.2, 0) is 0 Å². The van der Waals surface area contributed by atoms with Gasteiger partial charge in [-0.2, -0.15) is 0 Å². The number of fused-ring (bicyclic) bond motifs is 4. The van der Waals surface area contributed by atoms with E-state index in [1.54, 1.807) is 24.7 Å². The number of pyridine rings is 1. The van der Waals surface area contributed by atoms with Gasteiger partial charge < -0.3 is 14.7 Å². The lowest BCUT2D eigenvalue weighted by atomic mass is 10.1. The minimum atomic E-state index is 0.115. The summed E-state index contributed by atoms with van der Waals surface area (Å²) in [7, 11) is 3.92. The minimum Gasteiger partial charge on any atom is -0.506 e. The number of hydrogen-bond donors (Lipinski definition) is 1. The molecule has 0 fully saturated rings. The first-order valence-corrected chi connectivity index (χ1v) is 10.9. The highest BCUT2D eigenvalue weighted by Crippen LogP contribution is 2.36. The molecule has 3 aromatic heterocycles. The molecule has 3 heterocycles. The monoisotopic (exact) mass is 447 g/mol. The lowest BCUT2D eigenvalue weighted by molar-refractivity contribution is 0.460.